The molecule has 0 aliphatic rings. The largest absolute Gasteiger partial charge is 0.325 e. The lowest BCUT2D eigenvalue weighted by molar-refractivity contribution is -0.115. The summed E-state index contributed by atoms with van der Waals surface area (Å²) in [5.41, 5.74) is 1.87. The first-order chi connectivity index (χ1) is 11.4. The average molecular weight is 364 g/mol. The first kappa shape index (κ1) is 18.3. The van der Waals surface area contributed by atoms with Gasteiger partial charge in [-0.1, -0.05) is 29.3 Å². The molecule has 0 aliphatic heterocycles. The molecule has 0 bridgehead atoms. The van der Waals surface area contributed by atoms with Crippen LogP contribution in [0.2, 0.25) is 5.02 Å². The average Bonchev–Trinajstić information content (AvgIpc) is 2.57. The van der Waals surface area contributed by atoms with Gasteiger partial charge in [-0.3, -0.25) is 9.59 Å². The fourth-order valence-corrected chi connectivity index (χ4v) is 2.58. The number of nitrogens with one attached hydrogen (secondary N) is 2. The Morgan fingerprint density at radius 3 is 2.50 bits per heavy atom. The topological polar surface area (TPSA) is 71.1 Å². The fraction of sp³-hybridized carbons (Fsp3) is 0.235. The van der Waals surface area contributed by atoms with E-state index in [-0.39, 0.29) is 22.8 Å². The zero-order valence-corrected chi connectivity index (χ0v) is 14.9. The van der Waals surface area contributed by atoms with Crippen molar-refractivity contribution in [2.45, 2.75) is 19.1 Å². The summed E-state index contributed by atoms with van der Waals surface area (Å²) in [5, 5.41) is 5.61. The first-order valence-electron chi connectivity index (χ1n) is 7.34. The van der Waals surface area contributed by atoms with Gasteiger partial charge in [0.25, 0.3) is 0 Å². The summed E-state index contributed by atoms with van der Waals surface area (Å²) in [6.45, 7) is 3.73. The molecule has 2 amide bonds. The molecular formula is C17H18ClN3O2S. The Labute approximate surface area is 150 Å². The van der Waals surface area contributed by atoms with E-state index in [0.717, 1.165) is 11.3 Å². The molecule has 1 unspecified atom stereocenters. The Hall–Kier alpha value is -2.05. The molecule has 1 atom stereocenters. The van der Waals surface area contributed by atoms with E-state index in [9.17, 15) is 9.59 Å². The Bertz CT molecular complexity index is 705. The van der Waals surface area contributed by atoms with Crippen LogP contribution in [0.25, 0.3) is 0 Å². The van der Waals surface area contributed by atoms with Crippen LogP contribution >= 0.6 is 23.4 Å². The van der Waals surface area contributed by atoms with Gasteiger partial charge >= 0.3 is 0 Å². The molecule has 0 spiro atoms. The molecule has 1 aromatic heterocycles. The lowest BCUT2D eigenvalue weighted by Gasteiger charge is -2.11. The number of carbonyl (C=O) groups is 2. The molecule has 0 radical (unpaired) electrons. The number of halogens is 1. The second-order valence-electron chi connectivity index (χ2n) is 5.22. The maximum absolute atomic E-state index is 12.1. The van der Waals surface area contributed by atoms with Crippen LogP contribution in [0.3, 0.4) is 0 Å². The Kier molecular flexibility index (Phi) is 6.63. The summed E-state index contributed by atoms with van der Waals surface area (Å²) < 4.78 is 0. The highest BCUT2D eigenvalue weighted by Crippen LogP contribution is 2.15. The number of aryl methyl sites for hydroxylation is 1. The van der Waals surface area contributed by atoms with Crippen LogP contribution in [-0.2, 0) is 9.59 Å². The first-order valence-corrected chi connectivity index (χ1v) is 8.77. The van der Waals surface area contributed by atoms with Crippen LogP contribution in [0, 0.1) is 6.92 Å². The van der Waals surface area contributed by atoms with Gasteiger partial charge in [-0.25, -0.2) is 4.98 Å². The zero-order chi connectivity index (χ0) is 17.5. The van der Waals surface area contributed by atoms with Gasteiger partial charge in [0.1, 0.15) is 5.82 Å². The summed E-state index contributed by atoms with van der Waals surface area (Å²) >= 11 is 7.01. The van der Waals surface area contributed by atoms with Gasteiger partial charge < -0.3 is 10.6 Å². The molecule has 5 nitrogen and oxygen atoms in total. The van der Waals surface area contributed by atoms with E-state index < -0.39 is 0 Å². The minimum absolute atomic E-state index is 0.145. The predicted molar refractivity (Wildman–Crippen MR) is 99.6 cm³/mol. The maximum atomic E-state index is 12.1. The van der Waals surface area contributed by atoms with E-state index in [2.05, 4.69) is 15.6 Å². The standard InChI is InChI=1S/C17H18ClN3O2S/c1-11-3-6-14(7-4-11)20-16(22)10-24-12(2)17(23)21-15-8-5-13(18)9-19-15/h3-9,12H,10H2,1-2H3,(H,20,22)(H,19,21,23). The summed E-state index contributed by atoms with van der Waals surface area (Å²) in [7, 11) is 0. The molecule has 1 aromatic carbocycles. The number of hydrogen-bond acceptors (Lipinski definition) is 4. The van der Waals surface area contributed by atoms with Crippen LogP contribution in [0.15, 0.2) is 42.6 Å². The molecule has 7 heteroatoms. The highest BCUT2D eigenvalue weighted by molar-refractivity contribution is 8.01. The lowest BCUT2D eigenvalue weighted by Crippen LogP contribution is -2.25. The van der Waals surface area contributed by atoms with Crippen LogP contribution < -0.4 is 10.6 Å². The molecule has 0 aliphatic carbocycles. The number of amides is 2. The number of benzene rings is 1. The van der Waals surface area contributed by atoms with Crippen LogP contribution in [0.1, 0.15) is 12.5 Å². The van der Waals surface area contributed by atoms with Gasteiger partial charge in [-0.05, 0) is 38.1 Å². The van der Waals surface area contributed by atoms with Crippen molar-refractivity contribution in [2.75, 3.05) is 16.4 Å². The highest BCUT2D eigenvalue weighted by atomic mass is 35.5. The van der Waals surface area contributed by atoms with E-state index in [0.29, 0.717) is 10.8 Å². The monoisotopic (exact) mass is 363 g/mol. The summed E-state index contributed by atoms with van der Waals surface area (Å²) in [5.74, 6) is 0.267. The van der Waals surface area contributed by atoms with Crippen molar-refractivity contribution in [3.63, 3.8) is 0 Å². The number of aromatic nitrogens is 1. The van der Waals surface area contributed by atoms with E-state index in [1.54, 1.807) is 19.1 Å². The lowest BCUT2D eigenvalue weighted by atomic mass is 10.2. The molecule has 126 valence electrons. The van der Waals surface area contributed by atoms with E-state index in [1.807, 2.05) is 31.2 Å². The Balaban J connectivity index is 1.77. The van der Waals surface area contributed by atoms with Crippen LogP contribution in [0.4, 0.5) is 11.5 Å². The second-order valence-corrected chi connectivity index (χ2v) is 6.98. The van der Waals surface area contributed by atoms with Crippen molar-refractivity contribution in [2.24, 2.45) is 0 Å². The van der Waals surface area contributed by atoms with Gasteiger partial charge in [0.05, 0.1) is 16.0 Å². The number of thioether (sulfide) groups is 1. The normalized spacial score (nSPS) is 11.6. The summed E-state index contributed by atoms with van der Waals surface area (Å²) in [4.78, 5) is 28.0. The number of carbonyl (C=O) groups excluding carboxylic acids is 2. The van der Waals surface area contributed by atoms with Crippen LogP contribution in [0.5, 0.6) is 0 Å². The van der Waals surface area contributed by atoms with Gasteiger partial charge in [-0.2, -0.15) is 0 Å². The minimum atomic E-state index is -0.383. The van der Waals surface area contributed by atoms with Crippen molar-refractivity contribution in [3.8, 4) is 0 Å². The maximum Gasteiger partial charge on any atom is 0.238 e. The minimum Gasteiger partial charge on any atom is -0.325 e. The molecule has 0 saturated carbocycles. The third-order valence-electron chi connectivity index (χ3n) is 3.15. The molecular weight excluding hydrogens is 346 g/mol. The quantitative estimate of drug-likeness (QED) is 0.820. The van der Waals surface area contributed by atoms with E-state index in [1.165, 1.54) is 18.0 Å². The molecule has 1 heterocycles. The van der Waals surface area contributed by atoms with Crippen molar-refractivity contribution in [3.05, 3.63) is 53.2 Å². The van der Waals surface area contributed by atoms with Gasteiger partial charge in [0.2, 0.25) is 11.8 Å². The zero-order valence-electron chi connectivity index (χ0n) is 13.4. The van der Waals surface area contributed by atoms with Crippen molar-refractivity contribution >= 4 is 46.7 Å². The SMILES string of the molecule is Cc1ccc(NC(=O)CSC(C)C(=O)Nc2ccc(Cl)cn2)cc1. The van der Waals surface area contributed by atoms with Crippen LogP contribution in [-0.4, -0.2) is 27.8 Å². The number of anilines is 2. The smallest absolute Gasteiger partial charge is 0.238 e. The molecule has 2 aromatic rings. The van der Waals surface area contributed by atoms with E-state index in [4.69, 9.17) is 11.6 Å². The highest BCUT2D eigenvalue weighted by Gasteiger charge is 2.16. The molecule has 24 heavy (non-hydrogen) atoms. The second kappa shape index (κ2) is 8.70. The third-order valence-corrected chi connectivity index (χ3v) is 4.51. The van der Waals surface area contributed by atoms with E-state index >= 15 is 0 Å². The Morgan fingerprint density at radius 1 is 1.17 bits per heavy atom. The summed E-state index contributed by atoms with van der Waals surface area (Å²) in [6.07, 6.45) is 1.46. The van der Waals surface area contributed by atoms with Gasteiger partial charge in [0, 0.05) is 11.9 Å². The fourth-order valence-electron chi connectivity index (χ4n) is 1.79. The molecule has 0 fully saturated rings. The Morgan fingerprint density at radius 2 is 1.88 bits per heavy atom. The number of hydrogen-bond donors (Lipinski definition) is 2. The van der Waals surface area contributed by atoms with Crippen molar-refractivity contribution in [1.82, 2.24) is 4.98 Å². The third kappa shape index (κ3) is 5.86. The number of pyridine rings is 1. The summed E-state index contributed by atoms with van der Waals surface area (Å²) in [6, 6.07) is 10.8. The molecule has 2 N–H and O–H groups in total. The number of nitrogens with zero attached hydrogens (tertiary/aromatic N) is 1. The number of rotatable bonds is 6. The van der Waals surface area contributed by atoms with Gasteiger partial charge in [0.15, 0.2) is 0 Å². The van der Waals surface area contributed by atoms with Gasteiger partial charge in [-0.15, -0.1) is 11.8 Å². The molecule has 2 rings (SSSR count). The predicted octanol–water partition coefficient (Wildman–Crippen LogP) is 3.74. The van der Waals surface area contributed by atoms with Crippen molar-refractivity contribution in [1.29, 1.82) is 0 Å². The molecule has 0 saturated heterocycles. The van der Waals surface area contributed by atoms with Crippen molar-refractivity contribution < 1.29 is 9.59 Å².